The van der Waals surface area contributed by atoms with E-state index in [0.717, 1.165) is 13.1 Å². The number of carbonyl (C=O) groups is 1. The van der Waals surface area contributed by atoms with Gasteiger partial charge in [-0.2, -0.15) is 0 Å². The molecule has 92 valence electrons. The van der Waals surface area contributed by atoms with Crippen molar-refractivity contribution >= 4 is 35.3 Å². The van der Waals surface area contributed by atoms with Gasteiger partial charge in [-0.15, -0.1) is 0 Å². The Morgan fingerprint density at radius 1 is 1.43 bits per heavy atom. The van der Waals surface area contributed by atoms with Gasteiger partial charge in [0, 0.05) is 13.1 Å². The van der Waals surface area contributed by atoms with Crippen LogP contribution in [0.1, 0.15) is 13.8 Å². The SMILES string of the molecule is CCN(CC)C(=S)[S-].NC(=O)[O-].[Ag+].[Ag+]. The minimum absolute atomic E-state index is 0. The summed E-state index contributed by atoms with van der Waals surface area (Å²) in [5.41, 5.74) is 3.92. The largest absolute Gasteiger partial charge is 1.00 e. The molecular weight excluding hydrogens is 412 g/mol. The maximum absolute atomic E-state index is 8.67. The average Bonchev–Trinajstić information content (AvgIpc) is 1.87. The van der Waals surface area contributed by atoms with Crippen molar-refractivity contribution < 1.29 is 54.7 Å². The smallest absolute Gasteiger partial charge is 0.530 e. The molecule has 0 unspecified atom stereocenters. The number of amides is 1. The number of thiocarbonyl (C=S) groups is 1. The predicted molar refractivity (Wildman–Crippen MR) is 52.5 cm³/mol. The molecule has 0 bridgehead atoms. The van der Waals surface area contributed by atoms with Crippen LogP contribution in [0.3, 0.4) is 0 Å². The van der Waals surface area contributed by atoms with Crippen LogP contribution in [0, 0.1) is 0 Å². The fraction of sp³-hybridized carbons (Fsp3) is 0.667. The molecule has 0 atom stereocenters. The van der Waals surface area contributed by atoms with E-state index in [1.54, 1.807) is 0 Å². The van der Waals surface area contributed by atoms with Crippen LogP contribution >= 0.6 is 12.2 Å². The van der Waals surface area contributed by atoms with Crippen molar-refractivity contribution in [2.24, 2.45) is 5.73 Å². The van der Waals surface area contributed by atoms with E-state index >= 15 is 0 Å². The Labute approximate surface area is 126 Å². The molecule has 0 fully saturated rings. The van der Waals surface area contributed by atoms with Gasteiger partial charge in [-0.1, -0.05) is 4.32 Å². The van der Waals surface area contributed by atoms with E-state index in [2.05, 4.69) is 5.73 Å². The van der Waals surface area contributed by atoms with E-state index in [1.807, 2.05) is 18.7 Å². The third-order valence-electron chi connectivity index (χ3n) is 1.02. The van der Waals surface area contributed by atoms with Crippen LogP contribution in [0.2, 0.25) is 0 Å². The van der Waals surface area contributed by atoms with Crippen LogP contribution in [0.4, 0.5) is 4.79 Å². The molecule has 1 amide bonds. The van der Waals surface area contributed by atoms with E-state index in [-0.39, 0.29) is 44.8 Å². The fourth-order valence-electron chi connectivity index (χ4n) is 0.482. The van der Waals surface area contributed by atoms with Crippen molar-refractivity contribution in [1.82, 2.24) is 4.90 Å². The van der Waals surface area contributed by atoms with E-state index in [0.29, 0.717) is 4.32 Å². The maximum Gasteiger partial charge on any atom is 1.00 e. The standard InChI is InChI=1S/C5H11NS2.CH3NO2.2Ag/c1-3-6(4-2)5(7)8;2-1(3)4;;/h3-4H2,1-2H3,(H,7,8);2H2,(H,3,4);;/q;;2*+1/p-2. The van der Waals surface area contributed by atoms with E-state index in [1.165, 1.54) is 0 Å². The monoisotopic (exact) mass is 422 g/mol. The van der Waals surface area contributed by atoms with Crippen molar-refractivity contribution in [2.75, 3.05) is 13.1 Å². The third kappa shape index (κ3) is 23.0. The van der Waals surface area contributed by atoms with Crippen molar-refractivity contribution in [3.05, 3.63) is 0 Å². The molecule has 0 rings (SSSR count). The van der Waals surface area contributed by atoms with E-state index in [9.17, 15) is 0 Å². The number of hydrogen-bond donors (Lipinski definition) is 1. The molecule has 0 aliphatic heterocycles. The second-order valence-electron chi connectivity index (χ2n) is 1.76. The Balaban J connectivity index is -0.0000000733. The minimum atomic E-state index is -1.58. The summed E-state index contributed by atoms with van der Waals surface area (Å²) in [7, 11) is 0. The second-order valence-corrected chi connectivity index (χ2v) is 2.79. The number of carbonyl (C=O) groups excluding carboxylic acids is 1. The van der Waals surface area contributed by atoms with Crippen molar-refractivity contribution in [2.45, 2.75) is 13.8 Å². The first-order chi connectivity index (χ1) is 5.45. The van der Waals surface area contributed by atoms with Gasteiger partial charge in [0.05, 0.1) is 0 Å². The van der Waals surface area contributed by atoms with E-state index < -0.39 is 6.09 Å². The summed E-state index contributed by atoms with van der Waals surface area (Å²) in [6.45, 7) is 5.95. The zero-order chi connectivity index (χ0) is 10.1. The summed E-state index contributed by atoms with van der Waals surface area (Å²) >= 11 is 9.51. The van der Waals surface area contributed by atoms with E-state index in [4.69, 9.17) is 34.7 Å². The Kier molecular flexibility index (Phi) is 28.2. The van der Waals surface area contributed by atoms with Gasteiger partial charge < -0.3 is 45.4 Å². The molecule has 0 heterocycles. The predicted octanol–water partition coefficient (Wildman–Crippen LogP) is -0.557. The molecule has 2 N–H and O–H groups in total. The maximum atomic E-state index is 8.67. The van der Waals surface area contributed by atoms with Gasteiger partial charge in [-0.25, -0.2) is 0 Å². The molecule has 8 heteroatoms. The van der Waals surface area contributed by atoms with Gasteiger partial charge in [0.2, 0.25) is 0 Å². The normalized spacial score (nSPS) is 6.71. The van der Waals surface area contributed by atoms with Crippen LogP contribution in [-0.4, -0.2) is 28.4 Å². The Hall–Kier alpha value is 0.861. The number of carboxylic acid groups (broad SMARTS) is 1. The number of hydrogen-bond acceptors (Lipinski definition) is 4. The summed E-state index contributed by atoms with van der Waals surface area (Å²) < 4.78 is 0.579. The summed E-state index contributed by atoms with van der Waals surface area (Å²) in [5, 5.41) is 8.67. The molecule has 0 saturated heterocycles. The summed E-state index contributed by atoms with van der Waals surface area (Å²) in [6.07, 6.45) is -1.58. The fourth-order valence-corrected chi connectivity index (χ4v) is 0.998. The first-order valence-corrected chi connectivity index (χ1v) is 4.19. The molecule has 14 heavy (non-hydrogen) atoms. The number of nitrogens with two attached hydrogens (primary N) is 1. The molecule has 0 aliphatic carbocycles. The Morgan fingerprint density at radius 2 is 1.64 bits per heavy atom. The minimum Gasteiger partial charge on any atom is -0.530 e. The molecule has 0 aromatic rings. The van der Waals surface area contributed by atoms with Crippen molar-refractivity contribution in [1.29, 1.82) is 0 Å². The topological polar surface area (TPSA) is 69.4 Å². The second kappa shape index (κ2) is 16.3. The van der Waals surface area contributed by atoms with Crippen LogP contribution in [-0.2, 0) is 57.4 Å². The zero-order valence-electron chi connectivity index (χ0n) is 7.67. The summed E-state index contributed by atoms with van der Waals surface area (Å²) in [5.74, 6) is 0. The molecule has 0 saturated carbocycles. The Morgan fingerprint density at radius 3 is 1.64 bits per heavy atom. The van der Waals surface area contributed by atoms with Crippen LogP contribution in [0.5, 0.6) is 0 Å². The van der Waals surface area contributed by atoms with Gasteiger partial charge in [-0.3, -0.25) is 0 Å². The van der Waals surface area contributed by atoms with Gasteiger partial charge in [-0.05, 0) is 13.8 Å². The molecule has 0 aromatic heterocycles. The van der Waals surface area contributed by atoms with Gasteiger partial charge >= 0.3 is 44.8 Å². The van der Waals surface area contributed by atoms with Crippen molar-refractivity contribution in [3.63, 3.8) is 0 Å². The first-order valence-electron chi connectivity index (χ1n) is 3.38. The molecule has 0 aliphatic rings. The number of rotatable bonds is 2. The average molecular weight is 424 g/mol. The Bertz CT molecular complexity index is 153. The number of primary amides is 1. The molecule has 4 nitrogen and oxygen atoms in total. The zero-order valence-corrected chi connectivity index (χ0v) is 12.3. The number of nitrogens with zero attached hydrogens (tertiary/aromatic N) is 1. The van der Waals surface area contributed by atoms with Gasteiger partial charge in [0.25, 0.3) is 0 Å². The van der Waals surface area contributed by atoms with Gasteiger partial charge in [0.1, 0.15) is 6.09 Å². The molecule has 0 aromatic carbocycles. The van der Waals surface area contributed by atoms with Crippen LogP contribution in [0.15, 0.2) is 0 Å². The summed E-state index contributed by atoms with van der Waals surface area (Å²) in [6, 6.07) is 0. The quantitative estimate of drug-likeness (QED) is 0.366. The molecule has 0 radical (unpaired) electrons. The molecule has 0 spiro atoms. The van der Waals surface area contributed by atoms with Gasteiger partial charge in [0.15, 0.2) is 0 Å². The third-order valence-corrected chi connectivity index (χ3v) is 1.54. The van der Waals surface area contributed by atoms with Crippen molar-refractivity contribution in [3.8, 4) is 0 Å². The molecular formula is C6H12Ag2N2O2S2. The first kappa shape index (κ1) is 24.2. The summed E-state index contributed by atoms with van der Waals surface area (Å²) in [4.78, 5) is 10.6. The van der Waals surface area contributed by atoms with Crippen LogP contribution < -0.4 is 10.8 Å². The van der Waals surface area contributed by atoms with Crippen LogP contribution in [0.25, 0.3) is 0 Å².